The highest BCUT2D eigenvalue weighted by Gasteiger charge is 2.19. The Labute approximate surface area is 129 Å². The Morgan fingerprint density at radius 1 is 1.29 bits per heavy atom. The van der Waals surface area contributed by atoms with E-state index in [-0.39, 0.29) is 5.54 Å². The normalized spacial score (nSPS) is 20.7. The second-order valence-electron chi connectivity index (χ2n) is 7.16. The van der Waals surface area contributed by atoms with E-state index in [0.29, 0.717) is 6.10 Å². The number of methoxy groups -OCH3 is 1. The molecule has 1 heterocycles. The van der Waals surface area contributed by atoms with Crippen LogP contribution in [0.15, 0.2) is 24.3 Å². The van der Waals surface area contributed by atoms with Gasteiger partial charge >= 0.3 is 0 Å². The van der Waals surface area contributed by atoms with E-state index < -0.39 is 0 Å². The summed E-state index contributed by atoms with van der Waals surface area (Å²) in [6, 6.07) is 8.94. The second kappa shape index (κ2) is 7.39. The molecule has 2 rings (SSSR count). The van der Waals surface area contributed by atoms with Crippen LogP contribution in [0.4, 0.5) is 0 Å². The van der Waals surface area contributed by atoms with Gasteiger partial charge in [0.1, 0.15) is 0 Å². The Bertz CT molecular complexity index is 439. The van der Waals surface area contributed by atoms with Crippen LogP contribution in [0.3, 0.4) is 0 Å². The maximum absolute atomic E-state index is 5.51. The second-order valence-corrected chi connectivity index (χ2v) is 7.16. The molecule has 0 aromatic heterocycles. The predicted octanol–water partition coefficient (Wildman–Crippen LogP) is 3.19. The van der Waals surface area contributed by atoms with Gasteiger partial charge in [-0.15, -0.1) is 0 Å². The molecule has 1 aliphatic rings. The zero-order valence-electron chi connectivity index (χ0n) is 14.0. The first-order valence-electron chi connectivity index (χ1n) is 8.04. The summed E-state index contributed by atoms with van der Waals surface area (Å²) in [6.45, 7) is 10.8. The topological polar surface area (TPSA) is 24.5 Å². The number of hydrogen-bond acceptors (Lipinski definition) is 3. The fourth-order valence-corrected chi connectivity index (χ4v) is 2.81. The first kappa shape index (κ1) is 16.5. The average molecular weight is 290 g/mol. The Hall–Kier alpha value is -0.900. The van der Waals surface area contributed by atoms with E-state index in [9.17, 15) is 0 Å². The summed E-state index contributed by atoms with van der Waals surface area (Å²) in [4.78, 5) is 2.51. The number of nitrogens with one attached hydrogen (secondary N) is 1. The molecule has 0 spiro atoms. The maximum atomic E-state index is 5.51. The molecule has 118 valence electrons. The van der Waals surface area contributed by atoms with Gasteiger partial charge in [-0.2, -0.15) is 0 Å². The first-order chi connectivity index (χ1) is 9.96. The summed E-state index contributed by atoms with van der Waals surface area (Å²) in [6.07, 6.45) is 2.84. The highest BCUT2D eigenvalue weighted by molar-refractivity contribution is 5.23. The maximum Gasteiger partial charge on any atom is 0.0698 e. The van der Waals surface area contributed by atoms with Crippen LogP contribution in [0.1, 0.15) is 44.7 Å². The molecule has 21 heavy (non-hydrogen) atoms. The molecular weight excluding hydrogens is 260 g/mol. The van der Waals surface area contributed by atoms with Crippen molar-refractivity contribution in [3.8, 4) is 0 Å². The zero-order chi connectivity index (χ0) is 15.3. The molecule has 1 saturated heterocycles. The molecule has 0 bridgehead atoms. The quantitative estimate of drug-likeness (QED) is 0.901. The molecule has 0 radical (unpaired) electrons. The first-order valence-corrected chi connectivity index (χ1v) is 8.04. The van der Waals surface area contributed by atoms with Crippen LogP contribution in [0.5, 0.6) is 0 Å². The van der Waals surface area contributed by atoms with Gasteiger partial charge in [0, 0.05) is 32.3 Å². The third kappa shape index (κ3) is 5.77. The van der Waals surface area contributed by atoms with Gasteiger partial charge in [-0.1, -0.05) is 24.3 Å². The van der Waals surface area contributed by atoms with Gasteiger partial charge in [-0.05, 0) is 51.3 Å². The molecule has 1 unspecified atom stereocenters. The molecular formula is C18H30N2O. The van der Waals surface area contributed by atoms with Gasteiger partial charge < -0.3 is 10.1 Å². The Morgan fingerprint density at radius 3 is 2.76 bits per heavy atom. The number of rotatable bonds is 5. The van der Waals surface area contributed by atoms with Crippen LogP contribution in [0.25, 0.3) is 0 Å². The number of piperidine rings is 1. The highest BCUT2D eigenvalue weighted by atomic mass is 16.5. The molecule has 0 saturated carbocycles. The van der Waals surface area contributed by atoms with Crippen molar-refractivity contribution in [2.45, 2.75) is 58.3 Å². The lowest BCUT2D eigenvalue weighted by Crippen LogP contribution is -2.38. The van der Waals surface area contributed by atoms with Crippen LogP contribution < -0.4 is 5.32 Å². The average Bonchev–Trinajstić information content (AvgIpc) is 2.45. The smallest absolute Gasteiger partial charge is 0.0698 e. The van der Waals surface area contributed by atoms with E-state index in [0.717, 1.165) is 19.6 Å². The Balaban J connectivity index is 1.91. The summed E-state index contributed by atoms with van der Waals surface area (Å²) in [5, 5.41) is 3.55. The van der Waals surface area contributed by atoms with Gasteiger partial charge in [-0.25, -0.2) is 0 Å². The van der Waals surface area contributed by atoms with Crippen molar-refractivity contribution in [1.29, 1.82) is 0 Å². The molecule has 0 aliphatic carbocycles. The molecule has 1 aromatic rings. The van der Waals surface area contributed by atoms with Crippen molar-refractivity contribution < 1.29 is 4.74 Å². The molecule has 1 N–H and O–H groups in total. The predicted molar refractivity (Wildman–Crippen MR) is 88.3 cm³/mol. The van der Waals surface area contributed by atoms with Crippen molar-refractivity contribution in [1.82, 2.24) is 10.2 Å². The van der Waals surface area contributed by atoms with Crippen molar-refractivity contribution in [2.75, 3.05) is 20.2 Å². The van der Waals surface area contributed by atoms with E-state index in [4.69, 9.17) is 4.74 Å². The SMILES string of the molecule is COC1CCCN(Cc2cccc(CNC(C)(C)C)c2)C1. The van der Waals surface area contributed by atoms with Crippen LogP contribution in [0, 0.1) is 0 Å². The van der Waals surface area contributed by atoms with Crippen LogP contribution >= 0.6 is 0 Å². The number of ether oxygens (including phenoxy) is 1. The molecule has 1 atom stereocenters. The van der Waals surface area contributed by atoms with E-state index in [1.54, 1.807) is 0 Å². The summed E-state index contributed by atoms with van der Waals surface area (Å²) in [5.41, 5.74) is 2.93. The lowest BCUT2D eigenvalue weighted by atomic mass is 10.0. The largest absolute Gasteiger partial charge is 0.380 e. The molecule has 1 aromatic carbocycles. The fraction of sp³-hybridized carbons (Fsp3) is 0.667. The van der Waals surface area contributed by atoms with Crippen LogP contribution in [-0.4, -0.2) is 36.7 Å². The van der Waals surface area contributed by atoms with Crippen molar-refractivity contribution in [3.05, 3.63) is 35.4 Å². The van der Waals surface area contributed by atoms with E-state index in [2.05, 4.69) is 55.3 Å². The lowest BCUT2D eigenvalue weighted by molar-refractivity contribution is 0.0285. The van der Waals surface area contributed by atoms with Gasteiger partial charge in [0.05, 0.1) is 6.10 Å². The van der Waals surface area contributed by atoms with Gasteiger partial charge in [0.15, 0.2) is 0 Å². The highest BCUT2D eigenvalue weighted by Crippen LogP contribution is 2.16. The molecule has 3 heteroatoms. The minimum absolute atomic E-state index is 0.161. The third-order valence-electron chi connectivity index (χ3n) is 4.02. The lowest BCUT2D eigenvalue weighted by Gasteiger charge is -2.32. The number of nitrogens with zero attached hydrogens (tertiary/aromatic N) is 1. The minimum atomic E-state index is 0.161. The number of hydrogen-bond donors (Lipinski definition) is 1. The van der Waals surface area contributed by atoms with Crippen LogP contribution in [0.2, 0.25) is 0 Å². The molecule has 3 nitrogen and oxygen atoms in total. The Morgan fingerprint density at radius 2 is 2.05 bits per heavy atom. The zero-order valence-corrected chi connectivity index (χ0v) is 14.0. The Kier molecular flexibility index (Phi) is 5.80. The number of likely N-dealkylation sites (tertiary alicyclic amines) is 1. The van der Waals surface area contributed by atoms with Crippen molar-refractivity contribution in [2.24, 2.45) is 0 Å². The summed E-state index contributed by atoms with van der Waals surface area (Å²) < 4.78 is 5.51. The van der Waals surface area contributed by atoms with Gasteiger partial charge in [-0.3, -0.25) is 4.90 Å². The van der Waals surface area contributed by atoms with E-state index in [1.807, 2.05) is 7.11 Å². The molecule has 1 aliphatic heterocycles. The standard InChI is InChI=1S/C18H30N2O/c1-18(2,3)19-12-15-7-5-8-16(11-15)13-20-10-6-9-17(14-20)21-4/h5,7-8,11,17,19H,6,9-10,12-14H2,1-4H3. The van der Waals surface area contributed by atoms with Crippen LogP contribution in [-0.2, 0) is 17.8 Å². The van der Waals surface area contributed by atoms with Gasteiger partial charge in [0.2, 0.25) is 0 Å². The summed E-state index contributed by atoms with van der Waals surface area (Å²) >= 11 is 0. The molecule has 1 fully saturated rings. The van der Waals surface area contributed by atoms with Crippen molar-refractivity contribution in [3.63, 3.8) is 0 Å². The monoisotopic (exact) mass is 290 g/mol. The minimum Gasteiger partial charge on any atom is -0.380 e. The van der Waals surface area contributed by atoms with Gasteiger partial charge in [0.25, 0.3) is 0 Å². The molecule has 0 amide bonds. The summed E-state index contributed by atoms with van der Waals surface area (Å²) in [5.74, 6) is 0. The van der Waals surface area contributed by atoms with E-state index in [1.165, 1.54) is 30.5 Å². The number of benzene rings is 1. The van der Waals surface area contributed by atoms with E-state index >= 15 is 0 Å². The third-order valence-corrected chi connectivity index (χ3v) is 4.02. The summed E-state index contributed by atoms with van der Waals surface area (Å²) in [7, 11) is 1.83. The fourth-order valence-electron chi connectivity index (χ4n) is 2.81. The van der Waals surface area contributed by atoms with Crippen molar-refractivity contribution >= 4 is 0 Å².